The zero-order chi connectivity index (χ0) is 31.0. The van der Waals surface area contributed by atoms with Gasteiger partial charge in [0, 0.05) is 6.42 Å². The molecule has 2 aromatic heterocycles. The van der Waals surface area contributed by atoms with Crippen LogP contribution in [0.1, 0.15) is 18.2 Å². The SMILES string of the molecule is Nc1ncnn2c([C@H]3C[C@@H]4OP(O)(=S)OC[C@H]5O[C@@H](N6C=NC7C(=O)NC(N)NC76)[C@H](OP(=O)(S)OC[C@H]4O3)[C@@H]5F)cnc12. The molecule has 24 heteroatoms. The normalized spacial score (nSPS) is 44.5. The molecule has 4 saturated heterocycles. The van der Waals surface area contributed by atoms with E-state index >= 15 is 4.39 Å². The number of carbonyl (C=O) groups is 1. The Morgan fingerprint density at radius 2 is 1.98 bits per heavy atom. The number of anilines is 1. The standard InChI is InChI=1S/C20H27FN10O9P2S2/c21-12-11-4-36-41(33,43)39-9-1-8(7-2-24-17-15(22)25-5-27-31(7)17)37-10(9)3-35-42(34,44)40-14(12)19(38-11)30-6-26-13-16(30)28-20(23)29-18(13)32/h2,5-6,8-14,16,19-20,28H,1,3-4,23H2,(H,29,32)(H,33,43)(H,34,44)(H2,22,25,27)/t8-,9+,10-,11-,12-,13?,14-,16?,19-,20?,41?,42?/m1/s1. The number of fused-ring (bicyclic) bond motifs is 5. The van der Waals surface area contributed by atoms with Gasteiger partial charge in [-0.15, -0.1) is 0 Å². The van der Waals surface area contributed by atoms with Crippen LogP contribution in [0, 0.1) is 0 Å². The van der Waals surface area contributed by atoms with Crippen LogP contribution in [-0.4, -0.2) is 110 Å². The van der Waals surface area contributed by atoms with Gasteiger partial charge in [-0.25, -0.2) is 23.4 Å². The van der Waals surface area contributed by atoms with Crippen LogP contribution in [0.25, 0.3) is 5.65 Å². The molecular weight excluding hydrogens is 669 g/mol. The lowest BCUT2D eigenvalue weighted by atomic mass is 10.1. The number of amides is 1. The highest BCUT2D eigenvalue weighted by Gasteiger charge is 2.56. The first-order valence-corrected chi connectivity index (χ1v) is 18.5. The van der Waals surface area contributed by atoms with Crippen LogP contribution in [0.3, 0.4) is 0 Å². The van der Waals surface area contributed by atoms with Gasteiger partial charge in [-0.3, -0.25) is 29.9 Å². The van der Waals surface area contributed by atoms with Crippen molar-refractivity contribution in [1.82, 2.24) is 35.1 Å². The van der Waals surface area contributed by atoms with Gasteiger partial charge in [0.2, 0.25) is 0 Å². The van der Waals surface area contributed by atoms with Gasteiger partial charge in [0.1, 0.15) is 43.2 Å². The highest BCUT2D eigenvalue weighted by atomic mass is 32.7. The van der Waals surface area contributed by atoms with Gasteiger partial charge in [-0.1, -0.05) is 12.2 Å². The van der Waals surface area contributed by atoms with Gasteiger partial charge in [-0.2, -0.15) is 5.10 Å². The summed E-state index contributed by atoms with van der Waals surface area (Å²) in [6, 6.07) is -0.922. The summed E-state index contributed by atoms with van der Waals surface area (Å²) in [4.78, 5) is 37.1. The molecule has 240 valence electrons. The number of nitrogen functional groups attached to an aromatic ring is 1. The quantitative estimate of drug-likeness (QED) is 0.157. The van der Waals surface area contributed by atoms with Gasteiger partial charge in [0.15, 0.2) is 29.9 Å². The zero-order valence-electron chi connectivity index (χ0n) is 22.3. The lowest BCUT2D eigenvalue weighted by Gasteiger charge is -2.39. The van der Waals surface area contributed by atoms with E-state index in [2.05, 4.69) is 42.9 Å². The van der Waals surface area contributed by atoms with Crippen molar-refractivity contribution in [3.8, 4) is 0 Å². The molecule has 44 heavy (non-hydrogen) atoms. The van der Waals surface area contributed by atoms with E-state index in [9.17, 15) is 14.3 Å². The first-order valence-electron chi connectivity index (χ1n) is 13.2. The summed E-state index contributed by atoms with van der Waals surface area (Å²) < 4.78 is 65.4. The van der Waals surface area contributed by atoms with Crippen LogP contribution in [-0.2, 0) is 48.7 Å². The van der Waals surface area contributed by atoms with Crippen LogP contribution in [0.5, 0.6) is 0 Å². The molecule has 5 aliphatic rings. The third-order valence-corrected chi connectivity index (χ3v) is 10.9. The number of aromatic nitrogens is 4. The topological polar surface area (TPSA) is 245 Å². The van der Waals surface area contributed by atoms with Crippen molar-refractivity contribution in [3.05, 3.63) is 18.2 Å². The number of rotatable bonds is 2. The molecule has 0 spiro atoms. The summed E-state index contributed by atoms with van der Waals surface area (Å²) in [6.45, 7) is -9.31. The Bertz CT molecular complexity index is 1590. The number of aliphatic imine (C=N–C) groups is 1. The average molecular weight is 697 g/mol. The van der Waals surface area contributed by atoms with E-state index in [-0.39, 0.29) is 12.2 Å². The van der Waals surface area contributed by atoms with Crippen LogP contribution in [0.4, 0.5) is 10.2 Å². The molecule has 7 N–H and O–H groups in total. The Balaban J connectivity index is 1.14. The van der Waals surface area contributed by atoms with Crippen molar-refractivity contribution in [2.24, 2.45) is 10.7 Å². The number of thiol groups is 1. The van der Waals surface area contributed by atoms with Crippen LogP contribution >= 0.6 is 25.8 Å². The molecule has 2 bridgehead atoms. The van der Waals surface area contributed by atoms with Crippen molar-refractivity contribution < 1.29 is 46.2 Å². The minimum absolute atomic E-state index is 0.127. The molecule has 2 aromatic rings. The van der Waals surface area contributed by atoms with Gasteiger partial charge in [0.25, 0.3) is 5.91 Å². The van der Waals surface area contributed by atoms with E-state index in [0.717, 1.165) is 0 Å². The number of hydrogen-bond acceptors (Lipinski definition) is 17. The van der Waals surface area contributed by atoms with Gasteiger partial charge in [-0.05, 0) is 11.8 Å². The molecular formula is C20H27FN10O9P2S2. The number of nitrogens with zero attached hydrogens (tertiary/aromatic N) is 6. The molecule has 7 heterocycles. The number of hydrogen-bond donors (Lipinski definition) is 6. The number of carbonyl (C=O) groups excluding carboxylic acids is 1. The molecule has 5 aliphatic heterocycles. The third kappa shape index (κ3) is 5.65. The maximum absolute atomic E-state index is 15.9. The lowest BCUT2D eigenvalue weighted by molar-refractivity contribution is -0.130. The van der Waals surface area contributed by atoms with Crippen LogP contribution in [0.2, 0.25) is 0 Å². The fourth-order valence-corrected chi connectivity index (χ4v) is 8.61. The number of ether oxygens (including phenoxy) is 2. The second-order valence-corrected chi connectivity index (χ2v) is 16.1. The molecule has 4 fully saturated rings. The maximum Gasteiger partial charge on any atom is 0.386 e. The van der Waals surface area contributed by atoms with Crippen LogP contribution < -0.4 is 22.1 Å². The molecule has 7 rings (SSSR count). The predicted octanol–water partition coefficient (Wildman–Crippen LogP) is -1.33. The number of halogens is 1. The highest BCUT2D eigenvalue weighted by molar-refractivity contribution is 8.44. The number of imidazole rings is 1. The van der Waals surface area contributed by atoms with E-state index < -0.39 is 94.1 Å². The number of alkyl halides is 1. The van der Waals surface area contributed by atoms with E-state index in [4.69, 9.17) is 50.8 Å². The van der Waals surface area contributed by atoms with Crippen molar-refractivity contribution >= 4 is 61.3 Å². The minimum Gasteiger partial charge on any atom is -0.381 e. The fourth-order valence-electron chi connectivity index (χ4n) is 5.68. The summed E-state index contributed by atoms with van der Waals surface area (Å²) in [7, 11) is 0. The van der Waals surface area contributed by atoms with Crippen molar-refractivity contribution in [2.45, 2.75) is 67.8 Å². The Hall–Kier alpha value is -1.91. The molecule has 19 nitrogen and oxygen atoms in total. The van der Waals surface area contributed by atoms with Crippen molar-refractivity contribution in [3.63, 3.8) is 0 Å². The van der Waals surface area contributed by atoms with Crippen molar-refractivity contribution in [1.29, 1.82) is 0 Å². The summed E-state index contributed by atoms with van der Waals surface area (Å²) in [5, 5.41) is 9.61. The monoisotopic (exact) mass is 696 g/mol. The Kier molecular flexibility index (Phi) is 7.97. The molecule has 0 aromatic carbocycles. The predicted molar refractivity (Wildman–Crippen MR) is 153 cm³/mol. The first kappa shape index (κ1) is 30.7. The summed E-state index contributed by atoms with van der Waals surface area (Å²) in [5.41, 5.74) is 12.6. The number of nitrogens with two attached hydrogens (primary N) is 2. The molecule has 0 aliphatic carbocycles. The Labute approximate surface area is 258 Å². The lowest BCUT2D eigenvalue weighted by Crippen LogP contribution is -2.70. The average Bonchev–Trinajstić information content (AvgIpc) is 3.72. The van der Waals surface area contributed by atoms with Gasteiger partial charge in [0.05, 0.1) is 37.5 Å². The van der Waals surface area contributed by atoms with E-state index in [1.54, 1.807) is 0 Å². The molecule has 12 atom stereocenters. The van der Waals surface area contributed by atoms with Gasteiger partial charge < -0.3 is 39.4 Å². The summed E-state index contributed by atoms with van der Waals surface area (Å²) >= 11 is 9.33. The fraction of sp³-hybridized carbons (Fsp3) is 0.650. The molecule has 1 amide bonds. The Morgan fingerprint density at radius 1 is 1.18 bits per heavy atom. The summed E-state index contributed by atoms with van der Waals surface area (Å²) in [5.74, 6) is -0.305. The summed E-state index contributed by atoms with van der Waals surface area (Å²) in [6.07, 6.45) is -6.39. The second kappa shape index (κ2) is 11.4. The second-order valence-electron chi connectivity index (χ2n) is 10.5. The number of nitrogens with one attached hydrogen (secondary N) is 2. The minimum atomic E-state index is -4.31. The maximum atomic E-state index is 15.9. The largest absolute Gasteiger partial charge is 0.386 e. The third-order valence-electron chi connectivity index (χ3n) is 7.67. The van der Waals surface area contributed by atoms with Gasteiger partial charge >= 0.3 is 13.5 Å². The van der Waals surface area contributed by atoms with Crippen LogP contribution in [0.15, 0.2) is 17.5 Å². The van der Waals surface area contributed by atoms with E-state index in [0.29, 0.717) is 11.3 Å². The van der Waals surface area contributed by atoms with E-state index in [1.165, 1.54) is 28.3 Å². The highest BCUT2D eigenvalue weighted by Crippen LogP contribution is 2.58. The molecule has 0 saturated carbocycles. The Morgan fingerprint density at radius 3 is 2.80 bits per heavy atom. The first-order chi connectivity index (χ1) is 20.9. The van der Waals surface area contributed by atoms with E-state index in [1.807, 2.05) is 0 Å². The van der Waals surface area contributed by atoms with Crippen molar-refractivity contribution in [2.75, 3.05) is 18.9 Å². The zero-order valence-corrected chi connectivity index (χ0v) is 25.8. The smallest absolute Gasteiger partial charge is 0.381 e. The molecule has 0 radical (unpaired) electrons. The molecule has 5 unspecified atom stereocenters.